The highest BCUT2D eigenvalue weighted by Gasteiger charge is 2.33. The lowest BCUT2D eigenvalue weighted by Gasteiger charge is -2.35. The molecule has 0 bridgehead atoms. The minimum absolute atomic E-state index is 0.0216. The van der Waals surface area contributed by atoms with Crippen LogP contribution in [0.15, 0.2) is 53.6 Å². The normalized spacial score (nSPS) is 16.1. The maximum atomic E-state index is 13.7. The first kappa shape index (κ1) is 29.0. The largest absolute Gasteiger partial charge is 0.437 e. The Labute approximate surface area is 239 Å². The van der Waals surface area contributed by atoms with Gasteiger partial charge >= 0.3 is 6.18 Å². The molecule has 5 rings (SSSR count). The zero-order chi connectivity index (χ0) is 30.0. The molecule has 3 heterocycles. The standard InChI is InChI=1S/C29H30F3N7O3/c1-16(2)14-39-11-4-3-7-22(39)27(40)37-21-12-17(29(30,31)32)9-10-18(21)20-13-24(35-15-34-20)42-23-8-5-6-19-25(23)38-26(33)28(41)36-19/h5-6,8-10,12-13,15-16,22H,3-4,7,11,14H2,1-2H3,(H2,33,38)(H,36,41)(H,37,40). The van der Waals surface area contributed by atoms with E-state index in [9.17, 15) is 22.8 Å². The lowest BCUT2D eigenvalue weighted by Crippen LogP contribution is -2.48. The van der Waals surface area contributed by atoms with Gasteiger partial charge in [-0.3, -0.25) is 14.5 Å². The lowest BCUT2D eigenvalue weighted by atomic mass is 9.99. The number of nitrogens with one attached hydrogen (secondary N) is 2. The Morgan fingerprint density at radius 3 is 2.76 bits per heavy atom. The van der Waals surface area contributed by atoms with Gasteiger partial charge in [0.05, 0.1) is 28.5 Å². The number of likely N-dealkylation sites (tertiary alicyclic amines) is 1. The van der Waals surface area contributed by atoms with Crippen LogP contribution in [-0.4, -0.2) is 49.9 Å². The number of nitrogen functional groups attached to an aromatic ring is 1. The summed E-state index contributed by atoms with van der Waals surface area (Å²) in [6, 6.07) is 8.99. The molecule has 1 aliphatic rings. The smallest absolute Gasteiger partial charge is 0.416 e. The van der Waals surface area contributed by atoms with Crippen molar-refractivity contribution in [3.8, 4) is 22.9 Å². The van der Waals surface area contributed by atoms with Gasteiger partial charge in [0.2, 0.25) is 11.8 Å². The van der Waals surface area contributed by atoms with Crippen molar-refractivity contribution in [2.75, 3.05) is 24.1 Å². The van der Waals surface area contributed by atoms with Crippen LogP contribution in [0, 0.1) is 5.92 Å². The Hall–Kier alpha value is -4.52. The average Bonchev–Trinajstić information content (AvgIpc) is 2.94. The number of carbonyl (C=O) groups excluding carboxylic acids is 1. The number of hydrogen-bond acceptors (Lipinski definition) is 8. The molecule has 0 aliphatic carbocycles. The number of rotatable bonds is 7. The van der Waals surface area contributed by atoms with E-state index in [2.05, 4.69) is 44.0 Å². The fourth-order valence-electron chi connectivity index (χ4n) is 5.07. The van der Waals surface area contributed by atoms with Crippen molar-refractivity contribution in [3.63, 3.8) is 0 Å². The van der Waals surface area contributed by atoms with E-state index in [0.717, 1.165) is 31.5 Å². The summed E-state index contributed by atoms with van der Waals surface area (Å²) in [5.74, 6) is 0.0256. The van der Waals surface area contributed by atoms with Gasteiger partial charge < -0.3 is 20.8 Å². The number of amides is 1. The van der Waals surface area contributed by atoms with Gasteiger partial charge in [0.1, 0.15) is 11.8 Å². The summed E-state index contributed by atoms with van der Waals surface area (Å²) in [4.78, 5) is 42.5. The molecule has 1 amide bonds. The van der Waals surface area contributed by atoms with E-state index >= 15 is 0 Å². The van der Waals surface area contributed by atoms with E-state index in [1.807, 2.05) is 0 Å². The third-order valence-corrected chi connectivity index (χ3v) is 6.97. The Morgan fingerprint density at radius 1 is 1.19 bits per heavy atom. The zero-order valence-corrected chi connectivity index (χ0v) is 23.0. The molecular weight excluding hydrogens is 551 g/mol. The lowest BCUT2D eigenvalue weighted by molar-refractivity contribution is -0.137. The summed E-state index contributed by atoms with van der Waals surface area (Å²) in [5.41, 5.74) is 5.39. The van der Waals surface area contributed by atoms with Crippen molar-refractivity contribution >= 4 is 28.4 Å². The van der Waals surface area contributed by atoms with Crippen molar-refractivity contribution in [2.45, 2.75) is 45.3 Å². The number of alkyl halides is 3. The molecule has 1 saturated heterocycles. The molecule has 4 N–H and O–H groups in total. The number of hydrogen-bond donors (Lipinski definition) is 3. The second kappa shape index (κ2) is 11.8. The van der Waals surface area contributed by atoms with Crippen LogP contribution in [0.2, 0.25) is 0 Å². The van der Waals surface area contributed by atoms with Crippen LogP contribution in [0.5, 0.6) is 11.6 Å². The average molecular weight is 582 g/mol. The molecule has 1 fully saturated rings. The highest BCUT2D eigenvalue weighted by molar-refractivity contribution is 5.98. The van der Waals surface area contributed by atoms with Crippen molar-refractivity contribution in [2.24, 2.45) is 5.92 Å². The fourth-order valence-corrected chi connectivity index (χ4v) is 5.07. The number of aromatic amines is 1. The van der Waals surface area contributed by atoms with Crippen LogP contribution >= 0.6 is 0 Å². The Morgan fingerprint density at radius 2 is 2.00 bits per heavy atom. The second-order valence-corrected chi connectivity index (χ2v) is 10.6. The van der Waals surface area contributed by atoms with Gasteiger partial charge in [-0.2, -0.15) is 13.2 Å². The van der Waals surface area contributed by atoms with E-state index in [1.165, 1.54) is 18.5 Å². The van der Waals surface area contributed by atoms with Gasteiger partial charge in [-0.25, -0.2) is 15.0 Å². The van der Waals surface area contributed by atoms with Gasteiger partial charge in [-0.05, 0) is 49.6 Å². The Balaban J connectivity index is 1.49. The first-order valence-corrected chi connectivity index (χ1v) is 13.5. The van der Waals surface area contributed by atoms with Crippen LogP contribution in [0.25, 0.3) is 22.3 Å². The first-order valence-electron chi connectivity index (χ1n) is 13.5. The summed E-state index contributed by atoms with van der Waals surface area (Å²) in [5, 5.41) is 2.76. The van der Waals surface area contributed by atoms with Crippen molar-refractivity contribution < 1.29 is 22.7 Å². The molecule has 0 spiro atoms. The number of aromatic nitrogens is 4. The number of piperidine rings is 1. The number of H-pyrrole nitrogens is 1. The molecule has 10 nitrogen and oxygen atoms in total. The maximum absolute atomic E-state index is 13.7. The Kier molecular flexibility index (Phi) is 8.12. The molecule has 0 radical (unpaired) electrons. The van der Waals surface area contributed by atoms with E-state index < -0.39 is 23.3 Å². The summed E-state index contributed by atoms with van der Waals surface area (Å²) < 4.78 is 47.0. The number of ether oxygens (including phenoxy) is 1. The number of anilines is 2. The van der Waals surface area contributed by atoms with E-state index in [-0.39, 0.29) is 45.8 Å². The number of fused-ring (bicyclic) bond motifs is 1. The molecule has 1 aliphatic heterocycles. The fraction of sp³-hybridized carbons (Fsp3) is 0.345. The molecule has 1 atom stereocenters. The zero-order valence-electron chi connectivity index (χ0n) is 23.0. The van der Waals surface area contributed by atoms with Gasteiger partial charge in [0, 0.05) is 18.2 Å². The minimum atomic E-state index is -4.61. The summed E-state index contributed by atoms with van der Waals surface area (Å²) >= 11 is 0. The topological polar surface area (TPSA) is 139 Å². The SMILES string of the molecule is CC(C)CN1CCCCC1C(=O)Nc1cc(C(F)(F)F)ccc1-c1cc(Oc2cccc3[nH]c(=O)c(N)nc23)ncn1. The van der Waals surface area contributed by atoms with Crippen LogP contribution in [0.3, 0.4) is 0 Å². The molecule has 2 aromatic heterocycles. The number of benzene rings is 2. The van der Waals surface area contributed by atoms with E-state index in [0.29, 0.717) is 24.4 Å². The molecule has 4 aromatic rings. The highest BCUT2D eigenvalue weighted by Crippen LogP contribution is 2.37. The predicted molar refractivity (Wildman–Crippen MR) is 152 cm³/mol. The predicted octanol–water partition coefficient (Wildman–Crippen LogP) is 5.22. The van der Waals surface area contributed by atoms with Crippen LogP contribution in [0.4, 0.5) is 24.7 Å². The second-order valence-electron chi connectivity index (χ2n) is 10.6. The van der Waals surface area contributed by atoms with E-state index in [1.54, 1.807) is 18.2 Å². The number of carbonyl (C=O) groups is 1. The molecule has 13 heteroatoms. The molecule has 220 valence electrons. The van der Waals surface area contributed by atoms with Gasteiger partial charge in [-0.1, -0.05) is 32.4 Å². The monoisotopic (exact) mass is 581 g/mol. The third-order valence-electron chi connectivity index (χ3n) is 6.97. The number of halogens is 3. The number of nitrogens with zero attached hydrogens (tertiary/aromatic N) is 4. The quantitative estimate of drug-likeness (QED) is 0.270. The van der Waals surface area contributed by atoms with Crippen LogP contribution < -0.4 is 21.3 Å². The summed E-state index contributed by atoms with van der Waals surface area (Å²) in [7, 11) is 0. The number of para-hydroxylation sites is 1. The van der Waals surface area contributed by atoms with Crippen molar-refractivity contribution in [1.82, 2.24) is 24.8 Å². The first-order chi connectivity index (χ1) is 20.0. The summed E-state index contributed by atoms with van der Waals surface area (Å²) in [6.07, 6.45) is -0.973. The highest BCUT2D eigenvalue weighted by atomic mass is 19.4. The van der Waals surface area contributed by atoms with Gasteiger partial charge in [0.15, 0.2) is 11.6 Å². The minimum Gasteiger partial charge on any atom is -0.437 e. The Bertz CT molecular complexity index is 1670. The molecule has 42 heavy (non-hydrogen) atoms. The molecule has 1 unspecified atom stereocenters. The van der Waals surface area contributed by atoms with Gasteiger partial charge in [-0.15, -0.1) is 0 Å². The summed E-state index contributed by atoms with van der Waals surface area (Å²) in [6.45, 7) is 5.58. The maximum Gasteiger partial charge on any atom is 0.416 e. The van der Waals surface area contributed by atoms with Gasteiger partial charge in [0.25, 0.3) is 5.56 Å². The van der Waals surface area contributed by atoms with Crippen molar-refractivity contribution in [3.05, 3.63) is 64.7 Å². The van der Waals surface area contributed by atoms with Crippen LogP contribution in [-0.2, 0) is 11.0 Å². The van der Waals surface area contributed by atoms with E-state index in [4.69, 9.17) is 10.5 Å². The van der Waals surface area contributed by atoms with Crippen molar-refractivity contribution in [1.29, 1.82) is 0 Å². The number of nitrogens with two attached hydrogens (primary N) is 1. The molecular formula is C29H30F3N7O3. The van der Waals surface area contributed by atoms with Crippen LogP contribution in [0.1, 0.15) is 38.7 Å². The third kappa shape index (κ3) is 6.35. The molecule has 2 aromatic carbocycles. The molecule has 0 saturated carbocycles.